The maximum atomic E-state index is 12.0. The normalized spacial score (nSPS) is 14.0. The molecule has 1 aromatic heterocycles. The van der Waals surface area contributed by atoms with E-state index in [0.29, 0.717) is 6.42 Å². The van der Waals surface area contributed by atoms with Crippen LogP contribution in [0.4, 0.5) is 0 Å². The third-order valence-corrected chi connectivity index (χ3v) is 4.63. The van der Waals surface area contributed by atoms with Crippen LogP contribution in [0.25, 0.3) is 10.2 Å². The molecule has 0 atom stereocenters. The number of hydrogen-bond donors (Lipinski definition) is 0. The van der Waals surface area contributed by atoms with Gasteiger partial charge >= 0.3 is 0 Å². The molecule has 1 aromatic carbocycles. The Hall–Kier alpha value is -1.82. The second kappa shape index (κ2) is 6.52. The van der Waals surface area contributed by atoms with Crippen molar-refractivity contribution < 1.29 is 14.3 Å². The number of benzene rings is 1. The highest BCUT2D eigenvalue weighted by molar-refractivity contribution is 7.16. The van der Waals surface area contributed by atoms with Gasteiger partial charge in [-0.1, -0.05) is 31.6 Å². The highest BCUT2D eigenvalue weighted by Gasteiger charge is 2.17. The summed E-state index contributed by atoms with van der Waals surface area (Å²) in [4.78, 5) is 17.1. The zero-order valence-electron chi connectivity index (χ0n) is 12.9. The molecule has 5 nitrogen and oxygen atoms in total. The van der Waals surface area contributed by atoms with Crippen LogP contribution in [0.15, 0.2) is 17.1 Å². The van der Waals surface area contributed by atoms with Crippen LogP contribution in [0, 0.1) is 0 Å². The Morgan fingerprint density at radius 3 is 2.77 bits per heavy atom. The minimum absolute atomic E-state index is 0.0432. The van der Waals surface area contributed by atoms with Crippen molar-refractivity contribution in [2.24, 2.45) is 4.99 Å². The summed E-state index contributed by atoms with van der Waals surface area (Å²) in [6, 6.07) is 3.96. The fourth-order valence-corrected chi connectivity index (χ4v) is 3.56. The summed E-state index contributed by atoms with van der Waals surface area (Å²) < 4.78 is 14.1. The molecule has 3 rings (SSSR count). The van der Waals surface area contributed by atoms with Crippen molar-refractivity contribution in [2.45, 2.75) is 46.1 Å². The smallest absolute Gasteiger partial charge is 0.248 e. The van der Waals surface area contributed by atoms with Gasteiger partial charge in [0.2, 0.25) is 12.7 Å². The van der Waals surface area contributed by atoms with Crippen molar-refractivity contribution in [3.63, 3.8) is 0 Å². The van der Waals surface area contributed by atoms with Gasteiger partial charge in [-0.25, -0.2) is 0 Å². The zero-order chi connectivity index (χ0) is 15.5. The van der Waals surface area contributed by atoms with E-state index in [-0.39, 0.29) is 12.7 Å². The molecule has 0 spiro atoms. The third kappa shape index (κ3) is 2.88. The van der Waals surface area contributed by atoms with E-state index in [9.17, 15) is 4.79 Å². The summed E-state index contributed by atoms with van der Waals surface area (Å²) >= 11 is 1.53. The van der Waals surface area contributed by atoms with Gasteiger partial charge in [0.15, 0.2) is 16.3 Å². The number of hydrogen-bond acceptors (Lipinski definition) is 4. The van der Waals surface area contributed by atoms with E-state index in [4.69, 9.17) is 9.47 Å². The second-order valence-corrected chi connectivity index (χ2v) is 6.33. The minimum Gasteiger partial charge on any atom is -0.454 e. The van der Waals surface area contributed by atoms with E-state index >= 15 is 0 Å². The van der Waals surface area contributed by atoms with Gasteiger partial charge in [0.05, 0.1) is 10.2 Å². The molecule has 0 N–H and O–H groups in total. The van der Waals surface area contributed by atoms with Crippen LogP contribution >= 0.6 is 11.3 Å². The maximum Gasteiger partial charge on any atom is 0.248 e. The van der Waals surface area contributed by atoms with Gasteiger partial charge in [-0.2, -0.15) is 4.99 Å². The third-order valence-electron chi connectivity index (χ3n) is 3.59. The SMILES string of the molecule is CCCCC(=O)N=c1sc2cc3c(cc2n1CCC)OCO3. The minimum atomic E-state index is -0.0432. The van der Waals surface area contributed by atoms with Gasteiger partial charge < -0.3 is 14.0 Å². The average molecular weight is 320 g/mol. The Kier molecular flexibility index (Phi) is 4.47. The lowest BCUT2D eigenvalue weighted by atomic mass is 10.2. The van der Waals surface area contributed by atoms with E-state index in [1.807, 2.05) is 12.1 Å². The monoisotopic (exact) mass is 320 g/mol. The molecule has 6 heteroatoms. The van der Waals surface area contributed by atoms with Gasteiger partial charge in [0, 0.05) is 25.1 Å². The van der Waals surface area contributed by atoms with Gasteiger partial charge in [-0.05, 0) is 12.8 Å². The predicted molar refractivity (Wildman–Crippen MR) is 86.3 cm³/mol. The quantitative estimate of drug-likeness (QED) is 0.848. The van der Waals surface area contributed by atoms with E-state index in [1.165, 1.54) is 11.3 Å². The molecule has 22 heavy (non-hydrogen) atoms. The molecule has 0 bridgehead atoms. The summed E-state index contributed by atoms with van der Waals surface area (Å²) in [6.45, 7) is 5.30. The van der Waals surface area contributed by atoms with Crippen LogP contribution in [0.3, 0.4) is 0 Å². The lowest BCUT2D eigenvalue weighted by Crippen LogP contribution is -2.16. The molecule has 0 aliphatic carbocycles. The summed E-state index contributed by atoms with van der Waals surface area (Å²) in [6.07, 6.45) is 3.39. The number of rotatable bonds is 5. The highest BCUT2D eigenvalue weighted by atomic mass is 32.1. The van der Waals surface area contributed by atoms with Crippen LogP contribution in [-0.2, 0) is 11.3 Å². The molecule has 0 radical (unpaired) electrons. The molecule has 1 amide bonds. The van der Waals surface area contributed by atoms with Gasteiger partial charge in [-0.15, -0.1) is 0 Å². The second-order valence-electron chi connectivity index (χ2n) is 5.32. The van der Waals surface area contributed by atoms with Crippen LogP contribution in [0.1, 0.15) is 39.5 Å². The fourth-order valence-electron chi connectivity index (χ4n) is 2.48. The first kappa shape index (κ1) is 15.1. The highest BCUT2D eigenvalue weighted by Crippen LogP contribution is 2.37. The molecule has 0 saturated heterocycles. The Morgan fingerprint density at radius 2 is 2.05 bits per heavy atom. The first-order valence-electron chi connectivity index (χ1n) is 7.73. The molecule has 2 heterocycles. The van der Waals surface area contributed by atoms with Crippen molar-refractivity contribution in [3.05, 3.63) is 16.9 Å². The maximum absolute atomic E-state index is 12.0. The molecule has 0 unspecified atom stereocenters. The van der Waals surface area contributed by atoms with Gasteiger partial charge in [0.1, 0.15) is 0 Å². The molecule has 0 saturated carbocycles. The van der Waals surface area contributed by atoms with E-state index in [0.717, 1.165) is 52.3 Å². The number of thiazole rings is 1. The number of aromatic nitrogens is 1. The Labute approximate surface area is 133 Å². The number of unbranched alkanes of at least 4 members (excludes halogenated alkanes) is 1. The van der Waals surface area contributed by atoms with Crippen molar-refractivity contribution in [1.82, 2.24) is 4.57 Å². The summed E-state index contributed by atoms with van der Waals surface area (Å²) in [5.74, 6) is 1.48. The van der Waals surface area contributed by atoms with Crippen molar-refractivity contribution in [3.8, 4) is 11.5 Å². The zero-order valence-corrected chi connectivity index (χ0v) is 13.7. The Bertz CT molecular complexity index is 761. The van der Waals surface area contributed by atoms with Crippen LogP contribution < -0.4 is 14.3 Å². The van der Waals surface area contributed by atoms with Crippen LogP contribution in [-0.4, -0.2) is 17.3 Å². The fraction of sp³-hybridized carbons (Fsp3) is 0.500. The number of carbonyl (C=O) groups is 1. The lowest BCUT2D eigenvalue weighted by Gasteiger charge is -2.03. The molecular formula is C16H20N2O3S. The largest absolute Gasteiger partial charge is 0.454 e. The molecule has 118 valence electrons. The number of carbonyl (C=O) groups excluding carboxylic acids is 1. The molecule has 1 aliphatic heterocycles. The van der Waals surface area contributed by atoms with E-state index < -0.39 is 0 Å². The molecule has 2 aromatic rings. The number of aryl methyl sites for hydroxylation is 1. The van der Waals surface area contributed by atoms with Crippen molar-refractivity contribution in [1.29, 1.82) is 0 Å². The van der Waals surface area contributed by atoms with E-state index in [2.05, 4.69) is 23.4 Å². The lowest BCUT2D eigenvalue weighted by molar-refractivity contribution is -0.118. The van der Waals surface area contributed by atoms with Crippen molar-refractivity contribution in [2.75, 3.05) is 6.79 Å². The molecular weight excluding hydrogens is 300 g/mol. The summed E-state index contributed by atoms with van der Waals surface area (Å²) in [7, 11) is 0. The predicted octanol–water partition coefficient (Wildman–Crippen LogP) is 3.46. The number of ether oxygens (including phenoxy) is 2. The summed E-state index contributed by atoms with van der Waals surface area (Å²) in [5, 5.41) is 0. The number of nitrogens with zero attached hydrogens (tertiary/aromatic N) is 2. The van der Waals surface area contributed by atoms with E-state index in [1.54, 1.807) is 0 Å². The Morgan fingerprint density at radius 1 is 1.27 bits per heavy atom. The topological polar surface area (TPSA) is 52.8 Å². The molecule has 0 fully saturated rings. The van der Waals surface area contributed by atoms with Crippen LogP contribution in [0.5, 0.6) is 11.5 Å². The Balaban J connectivity index is 2.07. The van der Waals surface area contributed by atoms with Gasteiger partial charge in [-0.3, -0.25) is 4.79 Å². The number of fused-ring (bicyclic) bond motifs is 2. The van der Waals surface area contributed by atoms with Crippen molar-refractivity contribution >= 4 is 27.5 Å². The number of amides is 1. The summed E-state index contributed by atoms with van der Waals surface area (Å²) in [5.41, 5.74) is 1.05. The van der Waals surface area contributed by atoms with Crippen LogP contribution in [0.2, 0.25) is 0 Å². The first-order chi connectivity index (χ1) is 10.7. The average Bonchev–Trinajstić information content (AvgIpc) is 3.08. The molecule has 1 aliphatic rings. The first-order valence-corrected chi connectivity index (χ1v) is 8.55. The van der Waals surface area contributed by atoms with Gasteiger partial charge in [0.25, 0.3) is 0 Å². The standard InChI is InChI=1S/C16H20N2O3S/c1-3-5-6-15(19)17-16-18(7-4-2)11-8-12-13(21-10-20-12)9-14(11)22-16/h8-9H,3-7,10H2,1-2H3.